The van der Waals surface area contributed by atoms with Gasteiger partial charge < -0.3 is 14.9 Å². The first-order chi connectivity index (χ1) is 11.9. The Morgan fingerprint density at radius 3 is 2.72 bits per heavy atom. The number of halogens is 1. The number of piperidine rings is 1. The number of ether oxygens (including phenoxy) is 1. The van der Waals surface area contributed by atoms with Gasteiger partial charge in [0.1, 0.15) is 5.69 Å². The molecule has 2 aliphatic rings. The van der Waals surface area contributed by atoms with Crippen LogP contribution >= 0.6 is 23.3 Å². The van der Waals surface area contributed by atoms with E-state index in [2.05, 4.69) is 20.6 Å². The van der Waals surface area contributed by atoms with Crippen molar-refractivity contribution in [2.75, 3.05) is 26.2 Å². The largest absolute Gasteiger partial charge is 0.475 e. The second kappa shape index (κ2) is 9.12. The van der Waals surface area contributed by atoms with Crippen molar-refractivity contribution in [1.82, 2.24) is 13.6 Å². The topological polar surface area (TPSA) is 113 Å². The fraction of sp³-hybridized carbons (Fsp3) is 0.600. The van der Waals surface area contributed by atoms with Gasteiger partial charge in [0.2, 0.25) is 0 Å². The molecule has 25 heavy (non-hydrogen) atoms. The molecule has 0 aromatic carbocycles. The highest BCUT2D eigenvalue weighted by molar-refractivity contribution is 6.99. The van der Waals surface area contributed by atoms with Gasteiger partial charge in [-0.15, -0.1) is 4.37 Å². The Morgan fingerprint density at radius 2 is 2.08 bits per heavy atom. The molecule has 2 atom stereocenters. The molecule has 10 heteroatoms. The van der Waals surface area contributed by atoms with Crippen LogP contribution in [0.1, 0.15) is 31.9 Å². The summed E-state index contributed by atoms with van der Waals surface area (Å²) in [6, 6.07) is 0. The van der Waals surface area contributed by atoms with Gasteiger partial charge in [-0.25, -0.2) is 9.59 Å². The maximum absolute atomic E-state index is 9.10. The molecule has 2 aliphatic heterocycles. The summed E-state index contributed by atoms with van der Waals surface area (Å²) in [5.74, 6) is -2.52. The molecule has 0 saturated carbocycles. The van der Waals surface area contributed by atoms with E-state index in [1.54, 1.807) is 0 Å². The van der Waals surface area contributed by atoms with Crippen molar-refractivity contribution >= 4 is 40.8 Å². The van der Waals surface area contributed by atoms with Gasteiger partial charge in [-0.05, 0) is 25.8 Å². The summed E-state index contributed by atoms with van der Waals surface area (Å²) >= 11 is 7.78. The molecule has 138 valence electrons. The van der Waals surface area contributed by atoms with Crippen LogP contribution in [-0.2, 0) is 9.59 Å². The highest BCUT2D eigenvalue weighted by Gasteiger charge is 2.32. The summed E-state index contributed by atoms with van der Waals surface area (Å²) in [4.78, 5) is 20.7. The van der Waals surface area contributed by atoms with E-state index in [1.807, 2.05) is 0 Å². The molecule has 2 unspecified atom stereocenters. The first-order valence-corrected chi connectivity index (χ1v) is 9.07. The van der Waals surface area contributed by atoms with Gasteiger partial charge in [0.15, 0.2) is 0 Å². The van der Waals surface area contributed by atoms with Crippen LogP contribution in [0.4, 0.5) is 0 Å². The third-order valence-corrected chi connectivity index (χ3v) is 4.95. The van der Waals surface area contributed by atoms with E-state index in [9.17, 15) is 0 Å². The number of hydrogen-bond donors (Lipinski definition) is 2. The predicted octanol–water partition coefficient (Wildman–Crippen LogP) is 2.16. The summed E-state index contributed by atoms with van der Waals surface area (Å²) in [7, 11) is 0. The summed E-state index contributed by atoms with van der Waals surface area (Å²) in [5, 5.41) is 15.8. The average molecular weight is 390 g/mol. The van der Waals surface area contributed by atoms with E-state index >= 15 is 0 Å². The van der Waals surface area contributed by atoms with Crippen molar-refractivity contribution in [2.24, 2.45) is 5.92 Å². The molecular weight excluding hydrogens is 370 g/mol. The second-order valence-corrected chi connectivity index (χ2v) is 6.71. The molecule has 1 fully saturated rings. The number of rotatable bonds is 4. The van der Waals surface area contributed by atoms with Gasteiger partial charge in [-0.2, -0.15) is 4.37 Å². The lowest BCUT2D eigenvalue weighted by atomic mass is 9.90. The third-order valence-electron chi connectivity index (χ3n) is 3.90. The van der Waals surface area contributed by atoms with E-state index in [1.165, 1.54) is 24.6 Å². The zero-order valence-corrected chi connectivity index (χ0v) is 15.3. The lowest BCUT2D eigenvalue weighted by Gasteiger charge is -2.38. The minimum Gasteiger partial charge on any atom is -0.475 e. The van der Waals surface area contributed by atoms with Gasteiger partial charge >= 0.3 is 11.9 Å². The number of nitrogens with zero attached hydrogens (tertiary/aromatic N) is 3. The molecule has 0 amide bonds. The number of carbonyl (C=O) groups is 2. The van der Waals surface area contributed by atoms with Crippen LogP contribution in [0.2, 0.25) is 0 Å². The lowest BCUT2D eigenvalue weighted by molar-refractivity contribution is -0.159. The normalized spacial score (nSPS) is 22.0. The Balaban J connectivity index is 0.000000326. The maximum atomic E-state index is 9.10. The van der Waals surface area contributed by atoms with Crippen molar-refractivity contribution in [3.05, 3.63) is 10.7 Å². The average Bonchev–Trinajstić information content (AvgIpc) is 3.05. The summed E-state index contributed by atoms with van der Waals surface area (Å²) in [5.41, 5.74) is 1.98. The highest BCUT2D eigenvalue weighted by atomic mass is 35.5. The molecule has 2 N–H and O–H groups in total. The van der Waals surface area contributed by atoms with Crippen LogP contribution in [0.15, 0.2) is 5.03 Å². The SMILES string of the molecule is CCCOc1nsnc1C1=C(Cl)C2CCCN(C1)C2.O=C(O)C(=O)O. The molecule has 2 bridgehead atoms. The Hall–Kier alpha value is -1.71. The van der Waals surface area contributed by atoms with Crippen molar-refractivity contribution < 1.29 is 24.5 Å². The molecule has 3 rings (SSSR count). The molecular formula is C15H20ClN3O5S. The smallest absolute Gasteiger partial charge is 0.414 e. The van der Waals surface area contributed by atoms with Crippen molar-refractivity contribution in [1.29, 1.82) is 0 Å². The second-order valence-electron chi connectivity index (χ2n) is 5.78. The molecule has 8 nitrogen and oxygen atoms in total. The van der Waals surface area contributed by atoms with Crippen molar-refractivity contribution in [3.63, 3.8) is 0 Å². The van der Waals surface area contributed by atoms with Crippen molar-refractivity contribution in [3.8, 4) is 5.88 Å². The standard InChI is InChI=1S/C13H18ClN3OS.C2H2O4/c1-2-6-18-13-12(15-19-16-13)10-8-17-5-3-4-9(7-17)11(10)14;3-1(4)2(5)6/h9H,2-8H2,1H3;(H,3,4)(H,5,6). The number of aliphatic carboxylic acids is 2. The van der Waals surface area contributed by atoms with E-state index < -0.39 is 11.9 Å². The minimum absolute atomic E-state index is 0.472. The highest BCUT2D eigenvalue weighted by Crippen LogP contribution is 2.39. The Kier molecular flexibility index (Phi) is 7.15. The van der Waals surface area contributed by atoms with E-state index in [-0.39, 0.29) is 0 Å². The third kappa shape index (κ3) is 5.13. The van der Waals surface area contributed by atoms with Crippen LogP contribution in [0.3, 0.4) is 0 Å². The molecule has 0 radical (unpaired) electrons. The Morgan fingerprint density at radius 1 is 1.36 bits per heavy atom. The van der Waals surface area contributed by atoms with Crippen molar-refractivity contribution in [2.45, 2.75) is 26.2 Å². The van der Waals surface area contributed by atoms with E-state index in [4.69, 9.17) is 36.1 Å². The first-order valence-electron chi connectivity index (χ1n) is 7.96. The van der Waals surface area contributed by atoms with Gasteiger partial charge in [-0.1, -0.05) is 18.5 Å². The number of aromatic nitrogens is 2. The number of carboxylic acid groups (broad SMARTS) is 2. The molecule has 1 saturated heterocycles. The van der Waals surface area contributed by atoms with Crippen LogP contribution in [0.25, 0.3) is 5.57 Å². The Bertz CT molecular complexity index is 651. The summed E-state index contributed by atoms with van der Waals surface area (Å²) < 4.78 is 14.3. The molecule has 0 aliphatic carbocycles. The maximum Gasteiger partial charge on any atom is 0.414 e. The quantitative estimate of drug-likeness (QED) is 0.753. The first kappa shape index (κ1) is 19.6. The zero-order valence-electron chi connectivity index (χ0n) is 13.8. The fourth-order valence-corrected chi connectivity index (χ4v) is 3.65. The summed E-state index contributed by atoms with van der Waals surface area (Å²) in [6.45, 7) is 5.89. The number of fused-ring (bicyclic) bond motifs is 2. The lowest BCUT2D eigenvalue weighted by Crippen LogP contribution is -2.40. The zero-order chi connectivity index (χ0) is 18.4. The predicted molar refractivity (Wildman–Crippen MR) is 92.9 cm³/mol. The van der Waals surface area contributed by atoms with E-state index in [0.29, 0.717) is 18.4 Å². The van der Waals surface area contributed by atoms with Gasteiger partial charge in [0, 0.05) is 29.6 Å². The molecule has 1 aromatic rings. The Labute approximate surface area is 154 Å². The van der Waals surface area contributed by atoms with Gasteiger partial charge in [0.05, 0.1) is 18.3 Å². The minimum atomic E-state index is -1.82. The summed E-state index contributed by atoms with van der Waals surface area (Å²) in [6.07, 6.45) is 3.39. The number of carboxylic acids is 2. The van der Waals surface area contributed by atoms with Crippen LogP contribution < -0.4 is 4.74 Å². The molecule has 1 aromatic heterocycles. The fourth-order valence-electron chi connectivity index (χ4n) is 2.80. The van der Waals surface area contributed by atoms with E-state index in [0.717, 1.165) is 42.4 Å². The van der Waals surface area contributed by atoms with Crippen LogP contribution in [0.5, 0.6) is 5.88 Å². The van der Waals surface area contributed by atoms with Gasteiger partial charge in [0.25, 0.3) is 5.88 Å². The number of hydrogen-bond acceptors (Lipinski definition) is 7. The molecule has 3 heterocycles. The van der Waals surface area contributed by atoms with Gasteiger partial charge in [-0.3, -0.25) is 4.90 Å². The molecule has 0 spiro atoms. The monoisotopic (exact) mass is 389 g/mol. The van der Waals surface area contributed by atoms with Crippen LogP contribution in [0, 0.1) is 5.92 Å². The van der Waals surface area contributed by atoms with Crippen LogP contribution in [-0.4, -0.2) is 62.0 Å².